The van der Waals surface area contributed by atoms with Gasteiger partial charge in [-0.05, 0) is 69.2 Å². The lowest BCUT2D eigenvalue weighted by Crippen LogP contribution is -2.55. The van der Waals surface area contributed by atoms with Crippen molar-refractivity contribution in [2.24, 2.45) is 23.2 Å². The smallest absolute Gasteiger partial charge is 0.341 e. The van der Waals surface area contributed by atoms with E-state index in [0.717, 1.165) is 29.1 Å². The van der Waals surface area contributed by atoms with Gasteiger partial charge in [0.1, 0.15) is 22.2 Å². The Morgan fingerprint density at radius 2 is 1.49 bits per heavy atom. The number of rotatable bonds is 7. The minimum Gasteiger partial charge on any atom is -0.493 e. The average Bonchev–Trinajstić information content (AvgIpc) is 2.94. The fraction of sp³-hybridized carbons (Fsp3) is 0.344. The third kappa shape index (κ3) is 4.33. The Morgan fingerprint density at radius 1 is 0.923 bits per heavy atom. The van der Waals surface area contributed by atoms with E-state index >= 15 is 0 Å². The van der Waals surface area contributed by atoms with E-state index < -0.39 is 22.3 Å². The lowest BCUT2D eigenvalue weighted by Gasteiger charge is -2.53. The maximum Gasteiger partial charge on any atom is 0.341 e. The monoisotopic (exact) mass is 543 g/mol. The fourth-order valence-corrected chi connectivity index (χ4v) is 9.50. The van der Waals surface area contributed by atoms with Gasteiger partial charge in [-0.1, -0.05) is 36.4 Å². The Bertz CT molecular complexity index is 1390. The quantitative estimate of drug-likeness (QED) is 0.220. The Kier molecular flexibility index (Phi) is 6.50. The highest BCUT2D eigenvalue weighted by molar-refractivity contribution is 7.97. The van der Waals surface area contributed by atoms with Crippen LogP contribution in [0.25, 0.3) is 0 Å². The van der Waals surface area contributed by atoms with Gasteiger partial charge < -0.3 is 14.6 Å². The second-order valence-corrected chi connectivity index (χ2v) is 13.0. The Morgan fingerprint density at radius 3 is 2.00 bits per heavy atom. The summed E-state index contributed by atoms with van der Waals surface area (Å²) in [6.07, 6.45) is 3.57. The summed E-state index contributed by atoms with van der Waals surface area (Å²) in [6, 6.07) is 21.0. The van der Waals surface area contributed by atoms with Gasteiger partial charge in [-0.3, -0.25) is 9.59 Å². The number of carboxylic acid groups (broad SMARTS) is 1. The molecule has 0 radical (unpaired) electrons. The topological polar surface area (TPSA) is 89.9 Å². The van der Waals surface area contributed by atoms with Crippen molar-refractivity contribution in [2.45, 2.75) is 53.7 Å². The molecule has 7 rings (SSSR count). The molecular weight excluding hydrogens is 512 g/mol. The summed E-state index contributed by atoms with van der Waals surface area (Å²) in [6.45, 7) is 1.81. The average molecular weight is 544 g/mol. The fourth-order valence-electron chi connectivity index (χ4n) is 7.14. The number of esters is 1. The summed E-state index contributed by atoms with van der Waals surface area (Å²) in [5.74, 6) is -0.356. The third-order valence-electron chi connectivity index (χ3n) is 8.66. The zero-order chi connectivity index (χ0) is 27.3. The van der Waals surface area contributed by atoms with Crippen LogP contribution in [0.5, 0.6) is 11.5 Å². The van der Waals surface area contributed by atoms with Crippen molar-refractivity contribution in [3.8, 4) is 11.5 Å². The molecule has 4 aliphatic carbocycles. The summed E-state index contributed by atoms with van der Waals surface area (Å²) < 4.78 is 11.8. The van der Waals surface area contributed by atoms with Crippen LogP contribution in [0, 0.1) is 30.1 Å². The Labute approximate surface area is 230 Å². The minimum absolute atomic E-state index is 0.0567. The molecule has 1 N–H and O–H groups in total. The number of aromatic carboxylic acids is 1. The molecule has 4 saturated carbocycles. The van der Waals surface area contributed by atoms with Crippen LogP contribution in [0.2, 0.25) is 0 Å². The number of methoxy groups -OCH3 is 1. The first-order valence-electron chi connectivity index (χ1n) is 13.4. The maximum atomic E-state index is 13.9. The summed E-state index contributed by atoms with van der Waals surface area (Å²) in [7, 11) is 0.672. The summed E-state index contributed by atoms with van der Waals surface area (Å²) in [5, 5.41) is 10.3. The standard InChI is InChI=1S/C32H30O6S/c1-19-28(38-31(36)32-16-20-13-21(17-32)27(33)22(14-20)18-32)26(37-2)15-25(30(34)35)29(19)39(23-9-5-3-6-10-23)24-11-7-4-8-12-24/h3-12,15,20-22H,13-14,16-18H2,1-2H3/p+1. The first-order chi connectivity index (χ1) is 18.8. The zero-order valence-corrected chi connectivity index (χ0v) is 22.8. The molecule has 4 bridgehead atoms. The lowest BCUT2D eigenvalue weighted by atomic mass is 9.49. The summed E-state index contributed by atoms with van der Waals surface area (Å²) in [4.78, 5) is 41.8. The number of carbonyl (C=O) groups is 3. The molecule has 4 fully saturated rings. The van der Waals surface area contributed by atoms with Crippen molar-refractivity contribution >= 4 is 28.6 Å². The second-order valence-electron chi connectivity index (χ2n) is 11.1. The van der Waals surface area contributed by atoms with Gasteiger partial charge in [0.15, 0.2) is 26.2 Å². The van der Waals surface area contributed by atoms with Crippen LogP contribution < -0.4 is 9.47 Å². The van der Waals surface area contributed by atoms with Gasteiger partial charge in [-0.25, -0.2) is 4.79 Å². The highest BCUT2D eigenvalue weighted by Gasteiger charge is 2.59. The molecule has 7 heteroatoms. The Hall–Kier alpha value is -3.58. The molecular formula is C32H31O6S+. The van der Waals surface area contributed by atoms with Crippen LogP contribution in [0.1, 0.15) is 48.0 Å². The SMILES string of the molecule is COc1cc(C(=O)O)c([S+](c2ccccc2)c2ccccc2)c(C)c1OC(=O)C12CC3CC(C1)C(=O)C(C3)C2. The van der Waals surface area contributed by atoms with E-state index in [1.165, 1.54) is 13.2 Å². The van der Waals surface area contributed by atoms with Crippen LogP contribution in [0.4, 0.5) is 0 Å². The van der Waals surface area contributed by atoms with E-state index in [1.807, 2.05) is 67.6 Å². The van der Waals surface area contributed by atoms with Crippen LogP contribution in [-0.2, 0) is 20.5 Å². The highest BCUT2D eigenvalue weighted by atomic mass is 32.2. The molecule has 200 valence electrons. The lowest BCUT2D eigenvalue weighted by molar-refractivity contribution is -0.167. The van der Waals surface area contributed by atoms with E-state index in [9.17, 15) is 19.5 Å². The van der Waals surface area contributed by atoms with Crippen LogP contribution >= 0.6 is 0 Å². The predicted octanol–water partition coefficient (Wildman–Crippen LogP) is 6.10. The molecule has 2 unspecified atom stereocenters. The van der Waals surface area contributed by atoms with Crippen LogP contribution in [-0.4, -0.2) is 29.9 Å². The molecule has 0 aromatic heterocycles. The zero-order valence-electron chi connectivity index (χ0n) is 22.0. The van der Waals surface area contributed by atoms with Gasteiger partial charge in [0.2, 0.25) is 0 Å². The molecule has 0 saturated heterocycles. The number of hydrogen-bond donors (Lipinski definition) is 1. The number of ketones is 1. The van der Waals surface area contributed by atoms with E-state index in [1.54, 1.807) is 0 Å². The number of carboxylic acids is 1. The third-order valence-corrected chi connectivity index (χ3v) is 11.1. The summed E-state index contributed by atoms with van der Waals surface area (Å²) >= 11 is 0. The van der Waals surface area contributed by atoms with Gasteiger partial charge in [-0.2, -0.15) is 0 Å². The van der Waals surface area contributed by atoms with Gasteiger partial charge in [0.25, 0.3) is 0 Å². The first kappa shape index (κ1) is 25.7. The number of Topliss-reactive ketones (excluding diaryl/α,β-unsaturated/α-hetero) is 1. The van der Waals surface area contributed by atoms with E-state index in [-0.39, 0.29) is 34.9 Å². The predicted molar refractivity (Wildman–Crippen MR) is 146 cm³/mol. The molecule has 0 aliphatic heterocycles. The first-order valence-corrected chi connectivity index (χ1v) is 14.6. The molecule has 0 spiro atoms. The van der Waals surface area contributed by atoms with Gasteiger partial charge in [0, 0.05) is 17.9 Å². The number of benzene rings is 3. The normalized spacial score (nSPS) is 25.1. The maximum absolute atomic E-state index is 13.9. The molecule has 3 aromatic carbocycles. The van der Waals surface area contributed by atoms with Crippen LogP contribution in [0.3, 0.4) is 0 Å². The molecule has 4 aliphatic rings. The second kappa shape index (κ2) is 9.87. The largest absolute Gasteiger partial charge is 0.493 e. The van der Waals surface area contributed by atoms with E-state index in [4.69, 9.17) is 9.47 Å². The highest BCUT2D eigenvalue weighted by Crippen LogP contribution is 2.59. The van der Waals surface area contributed by atoms with Crippen LogP contribution in [0.15, 0.2) is 81.4 Å². The van der Waals surface area contributed by atoms with Crippen molar-refractivity contribution < 1.29 is 29.0 Å². The number of hydrogen-bond acceptors (Lipinski definition) is 5. The molecule has 3 aromatic rings. The van der Waals surface area contributed by atoms with Crippen molar-refractivity contribution in [2.75, 3.05) is 7.11 Å². The summed E-state index contributed by atoms with van der Waals surface area (Å²) in [5.41, 5.74) is 0.00569. The van der Waals surface area contributed by atoms with Crippen molar-refractivity contribution in [3.63, 3.8) is 0 Å². The molecule has 2 atom stereocenters. The number of carbonyl (C=O) groups excluding carboxylic acids is 2. The molecule has 0 amide bonds. The Balaban J connectivity index is 1.47. The van der Waals surface area contributed by atoms with Crippen molar-refractivity contribution in [1.82, 2.24) is 0 Å². The van der Waals surface area contributed by atoms with Gasteiger partial charge in [0.05, 0.1) is 18.1 Å². The van der Waals surface area contributed by atoms with Crippen molar-refractivity contribution in [3.05, 3.63) is 77.9 Å². The molecule has 6 nitrogen and oxygen atoms in total. The van der Waals surface area contributed by atoms with E-state index in [2.05, 4.69) is 0 Å². The minimum atomic E-state index is -1.08. The molecule has 0 heterocycles. The number of ether oxygens (including phenoxy) is 2. The molecule has 39 heavy (non-hydrogen) atoms. The van der Waals surface area contributed by atoms with Gasteiger partial charge >= 0.3 is 11.9 Å². The van der Waals surface area contributed by atoms with E-state index in [0.29, 0.717) is 35.0 Å². The van der Waals surface area contributed by atoms with Crippen molar-refractivity contribution in [1.29, 1.82) is 0 Å². The van der Waals surface area contributed by atoms with Gasteiger partial charge in [-0.15, -0.1) is 0 Å².